The van der Waals surface area contributed by atoms with Gasteiger partial charge in [-0.3, -0.25) is 9.59 Å². The van der Waals surface area contributed by atoms with Crippen molar-refractivity contribution in [1.29, 1.82) is 0 Å². The van der Waals surface area contributed by atoms with Crippen LogP contribution in [0, 0.1) is 0 Å². The Hall–Kier alpha value is -5.82. The van der Waals surface area contributed by atoms with E-state index in [4.69, 9.17) is 0 Å². The molecule has 2 N–H and O–H groups in total. The summed E-state index contributed by atoms with van der Waals surface area (Å²) in [6.07, 6.45) is 0. The van der Waals surface area contributed by atoms with E-state index in [9.17, 15) is 9.59 Å². The predicted octanol–water partition coefficient (Wildman–Crippen LogP) is 10.6. The molecule has 266 valence electrons. The third-order valence-corrected chi connectivity index (χ3v) is 12.5. The molecular weight excluding hydrogens is 701 g/mol. The maximum atomic E-state index is 13.6. The molecular formula is C48H40N2O2S2. The van der Waals surface area contributed by atoms with E-state index in [0.29, 0.717) is 5.69 Å². The van der Waals surface area contributed by atoms with E-state index >= 15 is 0 Å². The summed E-state index contributed by atoms with van der Waals surface area (Å²) in [5, 5.41) is 6.01. The van der Waals surface area contributed by atoms with Crippen LogP contribution in [0.1, 0.15) is 33.4 Å². The first-order valence-corrected chi connectivity index (χ1v) is 19.7. The van der Waals surface area contributed by atoms with Gasteiger partial charge >= 0.3 is 0 Å². The fraction of sp³-hybridized carbons (Fsp3) is 0.0833. The van der Waals surface area contributed by atoms with E-state index in [2.05, 4.69) is 120 Å². The van der Waals surface area contributed by atoms with Gasteiger partial charge in [0.25, 0.3) is 0 Å². The summed E-state index contributed by atoms with van der Waals surface area (Å²) in [7, 11) is 0. The molecule has 6 heteroatoms. The number of carbonyl (C=O) groups is 2. The smallest absolute Gasteiger partial charge is 0.243 e. The van der Waals surface area contributed by atoms with Crippen LogP contribution in [-0.2, 0) is 19.1 Å². The number of nitrogens with one attached hydrogen (secondary N) is 2. The van der Waals surface area contributed by atoms with E-state index in [-0.39, 0.29) is 24.1 Å². The van der Waals surface area contributed by atoms with Crippen molar-refractivity contribution in [2.75, 3.05) is 17.6 Å². The SMILES string of the molecule is O=C(CSC(c1ccccc1)(c1ccccc1)c1ccccc1)NCC(=O)Nc1ccccc1SC(c1ccccc1)(c1ccccc1)c1ccccc1. The van der Waals surface area contributed by atoms with Crippen LogP contribution < -0.4 is 10.6 Å². The van der Waals surface area contributed by atoms with Crippen molar-refractivity contribution in [3.8, 4) is 0 Å². The number of benzene rings is 7. The van der Waals surface area contributed by atoms with Gasteiger partial charge in [0.05, 0.1) is 27.5 Å². The molecule has 2 amide bonds. The molecule has 0 bridgehead atoms. The van der Waals surface area contributed by atoms with Crippen LogP contribution in [0.2, 0.25) is 0 Å². The topological polar surface area (TPSA) is 58.2 Å². The molecule has 0 aliphatic rings. The second-order valence-corrected chi connectivity index (χ2v) is 15.2. The lowest BCUT2D eigenvalue weighted by atomic mass is 9.84. The van der Waals surface area contributed by atoms with Crippen molar-refractivity contribution in [3.63, 3.8) is 0 Å². The van der Waals surface area contributed by atoms with E-state index in [1.54, 1.807) is 23.5 Å². The highest BCUT2D eigenvalue weighted by Gasteiger charge is 2.39. The summed E-state index contributed by atoms with van der Waals surface area (Å²) < 4.78 is -1.25. The molecule has 0 spiro atoms. The minimum absolute atomic E-state index is 0.145. The normalized spacial score (nSPS) is 11.4. The second kappa shape index (κ2) is 17.3. The van der Waals surface area contributed by atoms with Crippen LogP contribution in [0.5, 0.6) is 0 Å². The Morgan fingerprint density at radius 2 is 0.741 bits per heavy atom. The molecule has 0 fully saturated rings. The molecule has 0 saturated carbocycles. The lowest BCUT2D eigenvalue weighted by Gasteiger charge is -2.36. The van der Waals surface area contributed by atoms with E-state index in [0.717, 1.165) is 38.3 Å². The monoisotopic (exact) mass is 740 g/mol. The number of para-hydroxylation sites is 1. The summed E-state index contributed by atoms with van der Waals surface area (Å²) in [5.41, 5.74) is 7.26. The Morgan fingerprint density at radius 1 is 0.407 bits per heavy atom. The molecule has 7 rings (SSSR count). The van der Waals surface area contributed by atoms with Gasteiger partial charge in [0, 0.05) is 4.90 Å². The molecule has 0 heterocycles. The van der Waals surface area contributed by atoms with Gasteiger partial charge in [0.1, 0.15) is 0 Å². The number of carbonyl (C=O) groups excluding carboxylic acids is 2. The van der Waals surface area contributed by atoms with Crippen molar-refractivity contribution in [3.05, 3.63) is 240 Å². The molecule has 0 aliphatic carbocycles. The quantitative estimate of drug-likeness (QED) is 0.0861. The average molecular weight is 741 g/mol. The van der Waals surface area contributed by atoms with Crippen LogP contribution >= 0.6 is 23.5 Å². The predicted molar refractivity (Wildman–Crippen MR) is 225 cm³/mol. The maximum Gasteiger partial charge on any atom is 0.243 e. The first kappa shape index (κ1) is 36.5. The molecule has 0 radical (unpaired) electrons. The van der Waals surface area contributed by atoms with Crippen LogP contribution in [-0.4, -0.2) is 24.1 Å². The Kier molecular flexibility index (Phi) is 11.7. The number of anilines is 1. The Labute approximate surface area is 326 Å². The van der Waals surface area contributed by atoms with E-state index in [1.807, 2.05) is 97.1 Å². The van der Waals surface area contributed by atoms with E-state index in [1.165, 1.54) is 0 Å². The lowest BCUT2D eigenvalue weighted by Crippen LogP contribution is -2.35. The van der Waals surface area contributed by atoms with Crippen molar-refractivity contribution in [2.24, 2.45) is 0 Å². The van der Waals surface area contributed by atoms with E-state index < -0.39 is 9.49 Å². The van der Waals surface area contributed by atoms with Crippen LogP contribution in [0.3, 0.4) is 0 Å². The summed E-state index contributed by atoms with van der Waals surface area (Å²) in [6.45, 7) is -0.158. The number of amides is 2. The fourth-order valence-corrected chi connectivity index (χ4v) is 9.71. The third-order valence-electron chi connectivity index (χ3n) is 9.37. The van der Waals surface area contributed by atoms with Gasteiger partial charge in [-0.15, -0.1) is 23.5 Å². The fourth-order valence-electron chi connectivity index (χ4n) is 6.89. The average Bonchev–Trinajstić information content (AvgIpc) is 3.25. The zero-order valence-electron chi connectivity index (χ0n) is 29.7. The Bertz CT molecular complexity index is 2060. The molecule has 54 heavy (non-hydrogen) atoms. The van der Waals surface area contributed by atoms with Gasteiger partial charge in [-0.05, 0) is 45.5 Å². The van der Waals surface area contributed by atoms with Gasteiger partial charge in [0.15, 0.2) is 0 Å². The standard InChI is InChI=1S/C48H40N2O2S2/c51-45(35-49-46(52)36-53-47(37-21-7-1-8-22-37,38-23-9-2-10-24-38)39-25-11-3-12-26-39)50-43-33-19-20-34-44(43)54-48(40-27-13-4-14-28-40,41-29-15-5-16-30-41)42-31-17-6-18-32-42/h1-34H,35-36H2,(H,49,52)(H,50,51). The van der Waals surface area contributed by atoms with Gasteiger partial charge < -0.3 is 10.6 Å². The molecule has 7 aromatic carbocycles. The number of rotatable bonds is 14. The number of hydrogen-bond acceptors (Lipinski definition) is 4. The lowest BCUT2D eigenvalue weighted by molar-refractivity contribution is -0.122. The van der Waals surface area contributed by atoms with Gasteiger partial charge in [0.2, 0.25) is 11.8 Å². The summed E-state index contributed by atoms with van der Waals surface area (Å²) >= 11 is 3.24. The van der Waals surface area contributed by atoms with Crippen LogP contribution in [0.25, 0.3) is 0 Å². The minimum atomic E-state index is -0.637. The van der Waals surface area contributed by atoms with Gasteiger partial charge in [-0.2, -0.15) is 0 Å². The van der Waals surface area contributed by atoms with Gasteiger partial charge in [-0.25, -0.2) is 0 Å². The summed E-state index contributed by atoms with van der Waals surface area (Å²) in [5.74, 6) is -0.376. The van der Waals surface area contributed by atoms with Crippen molar-refractivity contribution in [2.45, 2.75) is 14.4 Å². The number of hydrogen-bond donors (Lipinski definition) is 2. The second-order valence-electron chi connectivity index (χ2n) is 12.8. The maximum absolute atomic E-state index is 13.6. The summed E-state index contributed by atoms with van der Waals surface area (Å²) in [6, 6.07) is 70.1. The van der Waals surface area contributed by atoms with Crippen molar-refractivity contribution < 1.29 is 9.59 Å². The van der Waals surface area contributed by atoms with Crippen LogP contribution in [0.15, 0.2) is 211 Å². The van der Waals surface area contributed by atoms with Crippen LogP contribution in [0.4, 0.5) is 5.69 Å². The molecule has 0 saturated heterocycles. The van der Waals surface area contributed by atoms with Gasteiger partial charge in [-0.1, -0.05) is 194 Å². The first-order valence-electron chi connectivity index (χ1n) is 17.9. The highest BCUT2D eigenvalue weighted by molar-refractivity contribution is 8.01. The first-order chi connectivity index (χ1) is 26.6. The third kappa shape index (κ3) is 7.91. The molecule has 4 nitrogen and oxygen atoms in total. The summed E-state index contributed by atoms with van der Waals surface area (Å²) in [4.78, 5) is 28.0. The number of thioether (sulfide) groups is 2. The zero-order chi connectivity index (χ0) is 37.1. The molecule has 7 aromatic rings. The molecule has 0 aromatic heterocycles. The minimum Gasteiger partial charge on any atom is -0.346 e. The Balaban J connectivity index is 1.11. The molecule has 0 aliphatic heterocycles. The zero-order valence-corrected chi connectivity index (χ0v) is 31.3. The molecule has 0 unspecified atom stereocenters. The van der Waals surface area contributed by atoms with Crippen molar-refractivity contribution in [1.82, 2.24) is 5.32 Å². The highest BCUT2D eigenvalue weighted by atomic mass is 32.2. The highest BCUT2D eigenvalue weighted by Crippen LogP contribution is 2.53. The molecule has 0 atom stereocenters. The Morgan fingerprint density at radius 3 is 1.13 bits per heavy atom. The largest absolute Gasteiger partial charge is 0.346 e. The van der Waals surface area contributed by atoms with Crippen molar-refractivity contribution >= 4 is 41.0 Å².